The summed E-state index contributed by atoms with van der Waals surface area (Å²) in [6.45, 7) is 4.55. The van der Waals surface area contributed by atoms with E-state index in [1.165, 1.54) is 0 Å². The number of hydrogen-bond donors (Lipinski definition) is 0. The molecule has 1 aliphatic rings. The lowest BCUT2D eigenvalue weighted by Gasteiger charge is -2.40. The minimum atomic E-state index is -4.47. The summed E-state index contributed by atoms with van der Waals surface area (Å²) < 4.78 is 38.4. The van der Waals surface area contributed by atoms with Gasteiger partial charge in [-0.05, 0) is 44.2 Å². The average molecular weight is 470 g/mol. The third-order valence-corrected chi connectivity index (χ3v) is 6.28. The number of carbonyl (C=O) groups is 1. The number of nitrogens with zero attached hydrogens (tertiary/aromatic N) is 5. The van der Waals surface area contributed by atoms with E-state index < -0.39 is 11.7 Å². The van der Waals surface area contributed by atoms with Crippen molar-refractivity contribution < 1.29 is 18.0 Å². The van der Waals surface area contributed by atoms with Crippen LogP contribution in [-0.4, -0.2) is 43.3 Å². The van der Waals surface area contributed by atoms with Gasteiger partial charge in [0.1, 0.15) is 11.5 Å². The maximum absolute atomic E-state index is 13.8. The van der Waals surface area contributed by atoms with Gasteiger partial charge in [-0.3, -0.25) is 9.78 Å². The Bertz CT molecular complexity index is 1140. The van der Waals surface area contributed by atoms with Gasteiger partial charge >= 0.3 is 6.18 Å². The number of alkyl halides is 3. The van der Waals surface area contributed by atoms with Gasteiger partial charge in [0.05, 0.1) is 5.56 Å². The molecule has 1 saturated heterocycles. The number of likely N-dealkylation sites (tertiary alicyclic amines) is 1. The molecule has 1 amide bonds. The Morgan fingerprint density at radius 1 is 1.15 bits per heavy atom. The second kappa shape index (κ2) is 9.87. The van der Waals surface area contributed by atoms with Crippen LogP contribution in [0.3, 0.4) is 0 Å². The van der Waals surface area contributed by atoms with Gasteiger partial charge in [0, 0.05) is 60.6 Å². The second-order valence-corrected chi connectivity index (χ2v) is 8.70. The molecule has 4 rings (SSSR count). The smallest absolute Gasteiger partial charge is 0.334 e. The van der Waals surface area contributed by atoms with E-state index in [0.29, 0.717) is 30.9 Å². The number of piperidine rings is 1. The van der Waals surface area contributed by atoms with Gasteiger partial charge in [0.2, 0.25) is 0 Å². The number of halogens is 3. The Morgan fingerprint density at radius 2 is 1.91 bits per heavy atom. The zero-order valence-electron chi connectivity index (χ0n) is 19.1. The molecule has 178 valence electrons. The van der Waals surface area contributed by atoms with Crippen LogP contribution in [0.25, 0.3) is 11.1 Å². The lowest BCUT2D eigenvalue weighted by Crippen LogP contribution is -2.48. The predicted octanol–water partition coefficient (Wildman–Crippen LogP) is 5.13. The third-order valence-electron chi connectivity index (χ3n) is 6.28. The highest BCUT2D eigenvalue weighted by Crippen LogP contribution is 2.31. The number of pyridine rings is 2. The molecule has 2 atom stereocenters. The summed E-state index contributed by atoms with van der Waals surface area (Å²) >= 11 is 0. The van der Waals surface area contributed by atoms with Gasteiger partial charge in [-0.15, -0.1) is 0 Å². The predicted molar refractivity (Wildman–Crippen MR) is 121 cm³/mol. The van der Waals surface area contributed by atoms with E-state index in [4.69, 9.17) is 0 Å². The maximum Gasteiger partial charge on any atom is 0.419 e. The van der Waals surface area contributed by atoms with E-state index in [-0.39, 0.29) is 17.9 Å². The second-order valence-electron chi connectivity index (χ2n) is 8.70. The van der Waals surface area contributed by atoms with E-state index in [1.807, 2.05) is 36.1 Å². The lowest BCUT2D eigenvalue weighted by atomic mass is 9.87. The number of hydrogen-bond acceptors (Lipinski definition) is 5. The molecule has 0 saturated carbocycles. The molecule has 0 N–H and O–H groups in total. The minimum Gasteiger partial charge on any atom is -0.334 e. The topological polar surface area (TPSA) is 71.9 Å². The molecule has 0 aliphatic carbocycles. The number of rotatable bonds is 5. The normalized spacial score (nSPS) is 18.7. The third kappa shape index (κ3) is 5.24. The van der Waals surface area contributed by atoms with Crippen LogP contribution in [0.15, 0.2) is 49.1 Å². The molecule has 0 spiro atoms. The SMILES string of the molecule is Cc1ccc(-c2cccnc2)c(C(=O)N2CCC[C@@H](C)[C@H]2CCc2ncc(C(F)(F)F)cn2)n1. The number of carbonyl (C=O) groups excluding carboxylic acids is 1. The van der Waals surface area contributed by atoms with Crippen molar-refractivity contribution in [3.63, 3.8) is 0 Å². The zero-order valence-corrected chi connectivity index (χ0v) is 19.1. The minimum absolute atomic E-state index is 0.0868. The molecule has 6 nitrogen and oxygen atoms in total. The summed E-state index contributed by atoms with van der Waals surface area (Å²) in [6.07, 6.45) is 3.35. The molecular formula is C25H26F3N5O. The van der Waals surface area contributed by atoms with Crippen LogP contribution >= 0.6 is 0 Å². The molecule has 0 radical (unpaired) electrons. The van der Waals surface area contributed by atoms with Gasteiger partial charge in [0.25, 0.3) is 5.91 Å². The Kier molecular flexibility index (Phi) is 6.90. The molecule has 0 aromatic carbocycles. The molecular weight excluding hydrogens is 443 g/mol. The highest BCUT2D eigenvalue weighted by atomic mass is 19.4. The molecule has 3 aromatic rings. The first-order valence-electron chi connectivity index (χ1n) is 11.3. The zero-order chi connectivity index (χ0) is 24.3. The summed E-state index contributed by atoms with van der Waals surface area (Å²) in [7, 11) is 0. The van der Waals surface area contributed by atoms with Gasteiger partial charge in [-0.2, -0.15) is 13.2 Å². The van der Waals surface area contributed by atoms with Gasteiger partial charge < -0.3 is 4.90 Å². The van der Waals surface area contributed by atoms with Crippen LogP contribution in [0.2, 0.25) is 0 Å². The van der Waals surface area contributed by atoms with Crippen molar-refractivity contribution in [3.8, 4) is 11.1 Å². The van der Waals surface area contributed by atoms with E-state index in [1.54, 1.807) is 12.4 Å². The van der Waals surface area contributed by atoms with E-state index in [2.05, 4.69) is 26.9 Å². The highest BCUT2D eigenvalue weighted by molar-refractivity contribution is 5.99. The van der Waals surface area contributed by atoms with Gasteiger partial charge in [0.15, 0.2) is 0 Å². The largest absolute Gasteiger partial charge is 0.419 e. The maximum atomic E-state index is 13.8. The fourth-order valence-corrected chi connectivity index (χ4v) is 4.46. The summed E-state index contributed by atoms with van der Waals surface area (Å²) in [6, 6.07) is 7.40. The number of aromatic nitrogens is 4. The van der Waals surface area contributed by atoms with Crippen LogP contribution in [0.1, 0.15) is 53.8 Å². The Hall–Kier alpha value is -3.36. The molecule has 1 aliphatic heterocycles. The standard InChI is InChI=1S/C25H26F3N5O/c1-16-5-4-12-33(21(16)9-10-22-30-14-19(15-31-22)25(26,27)28)24(34)23-20(8-7-17(2)32-23)18-6-3-11-29-13-18/h3,6-8,11,13-16,21H,4-5,9-10,12H2,1-2H3/t16-,21-/m1/s1. The molecule has 34 heavy (non-hydrogen) atoms. The van der Waals surface area contributed by atoms with Crippen molar-refractivity contribution in [1.29, 1.82) is 0 Å². The molecule has 3 aromatic heterocycles. The molecule has 4 heterocycles. The average Bonchev–Trinajstić information content (AvgIpc) is 2.83. The molecule has 9 heteroatoms. The summed E-state index contributed by atoms with van der Waals surface area (Å²) in [4.78, 5) is 32.2. The van der Waals surface area contributed by atoms with Crippen molar-refractivity contribution in [3.05, 3.63) is 71.8 Å². The first-order valence-corrected chi connectivity index (χ1v) is 11.3. The Morgan fingerprint density at radius 3 is 2.59 bits per heavy atom. The Balaban J connectivity index is 1.57. The van der Waals surface area contributed by atoms with Crippen LogP contribution < -0.4 is 0 Å². The fourth-order valence-electron chi connectivity index (χ4n) is 4.46. The van der Waals surface area contributed by atoms with Crippen molar-refractivity contribution in [2.75, 3.05) is 6.54 Å². The number of aryl methyl sites for hydroxylation is 2. The lowest BCUT2D eigenvalue weighted by molar-refractivity contribution is -0.138. The van der Waals surface area contributed by atoms with E-state index in [9.17, 15) is 18.0 Å². The van der Waals surface area contributed by atoms with Crippen molar-refractivity contribution in [1.82, 2.24) is 24.8 Å². The van der Waals surface area contributed by atoms with Crippen LogP contribution in [0.5, 0.6) is 0 Å². The summed E-state index contributed by atoms with van der Waals surface area (Å²) in [5.41, 5.74) is 1.81. The number of amides is 1. The van der Waals surface area contributed by atoms with E-state index >= 15 is 0 Å². The summed E-state index contributed by atoms with van der Waals surface area (Å²) in [5, 5.41) is 0. The van der Waals surface area contributed by atoms with Crippen LogP contribution in [0.4, 0.5) is 13.2 Å². The van der Waals surface area contributed by atoms with Crippen LogP contribution in [-0.2, 0) is 12.6 Å². The fraction of sp³-hybridized carbons (Fsp3) is 0.400. The monoisotopic (exact) mass is 469 g/mol. The van der Waals surface area contributed by atoms with Crippen molar-refractivity contribution >= 4 is 5.91 Å². The first kappa shape index (κ1) is 23.8. The van der Waals surface area contributed by atoms with Crippen molar-refractivity contribution in [2.45, 2.75) is 51.7 Å². The van der Waals surface area contributed by atoms with E-state index in [0.717, 1.165) is 42.1 Å². The van der Waals surface area contributed by atoms with Crippen LogP contribution in [0, 0.1) is 12.8 Å². The highest BCUT2D eigenvalue weighted by Gasteiger charge is 2.34. The quantitative estimate of drug-likeness (QED) is 0.518. The molecule has 0 bridgehead atoms. The molecule has 0 unspecified atom stereocenters. The first-order chi connectivity index (χ1) is 16.2. The summed E-state index contributed by atoms with van der Waals surface area (Å²) in [5.74, 6) is 0.425. The molecule has 1 fully saturated rings. The Labute approximate surface area is 196 Å². The van der Waals surface area contributed by atoms with Crippen molar-refractivity contribution in [2.24, 2.45) is 5.92 Å². The van der Waals surface area contributed by atoms with Gasteiger partial charge in [-0.1, -0.05) is 19.1 Å². The van der Waals surface area contributed by atoms with Gasteiger partial charge in [-0.25, -0.2) is 15.0 Å².